The van der Waals surface area contributed by atoms with Crippen molar-refractivity contribution >= 4 is 22.8 Å². The molecule has 4 heterocycles. The van der Waals surface area contributed by atoms with Crippen LogP contribution in [0.1, 0.15) is 57.6 Å². The van der Waals surface area contributed by atoms with Crippen molar-refractivity contribution in [3.8, 4) is 6.07 Å². The molecule has 0 saturated carbocycles. The van der Waals surface area contributed by atoms with Gasteiger partial charge < -0.3 is 24.2 Å². The Morgan fingerprint density at radius 2 is 2.00 bits per heavy atom. The van der Waals surface area contributed by atoms with Crippen LogP contribution in [0, 0.1) is 23.2 Å². The van der Waals surface area contributed by atoms with E-state index < -0.39 is 6.29 Å². The zero-order chi connectivity index (χ0) is 27.7. The maximum Gasteiger partial charge on any atom is 0.237 e. The number of benzene rings is 1. The van der Waals surface area contributed by atoms with Gasteiger partial charge in [0.25, 0.3) is 0 Å². The highest BCUT2D eigenvalue weighted by molar-refractivity contribution is 5.88. The lowest BCUT2D eigenvalue weighted by molar-refractivity contribution is -0.152. The molecule has 1 aromatic carbocycles. The topological polar surface area (TPSA) is 108 Å². The van der Waals surface area contributed by atoms with Gasteiger partial charge in [-0.15, -0.1) is 0 Å². The molecule has 1 spiro atoms. The fraction of sp³-hybridized carbons (Fsp3) is 0.533. The number of carbonyl (C=O) groups is 1. The van der Waals surface area contributed by atoms with Gasteiger partial charge >= 0.3 is 0 Å². The number of rotatable bonds is 9. The molecular formula is C30H38N6O3. The number of hydrogen-bond acceptors (Lipinski definition) is 7. The lowest BCUT2D eigenvalue weighted by Gasteiger charge is -2.55. The van der Waals surface area contributed by atoms with E-state index >= 15 is 0 Å². The Hall–Kier alpha value is -3.48. The van der Waals surface area contributed by atoms with Crippen LogP contribution in [0.25, 0.3) is 11.0 Å². The standard InChI is InChI=1S/C30H38N6O3/c1-20(2)15-23-5-7-24(8-6-23)22(4)29(38)39-19-35-13-10-25-27(32-18-33-28(25)35)34-14-11-30(17-34)21(3)16-36(30)26(37)9-12-31/h5-8,10,13,18,20-22,29,38H,9,11,14-17,19H2,1-4H3/t21-,22-,29?,30-/m0/s1. The van der Waals surface area contributed by atoms with E-state index in [1.165, 1.54) is 5.56 Å². The first-order valence-corrected chi connectivity index (χ1v) is 13.8. The van der Waals surface area contributed by atoms with E-state index in [-0.39, 0.29) is 30.5 Å². The highest BCUT2D eigenvalue weighted by Gasteiger charge is 2.56. The van der Waals surface area contributed by atoms with Crippen molar-refractivity contribution in [3.63, 3.8) is 0 Å². The van der Waals surface area contributed by atoms with Crippen molar-refractivity contribution in [2.75, 3.05) is 24.5 Å². The number of aromatic nitrogens is 3. The van der Waals surface area contributed by atoms with E-state index in [0.29, 0.717) is 24.9 Å². The second kappa shape index (κ2) is 10.9. The number of aliphatic hydroxyl groups is 1. The first kappa shape index (κ1) is 27.1. The number of fused-ring (bicyclic) bond motifs is 1. The Kier molecular flexibility index (Phi) is 7.61. The second-order valence-corrected chi connectivity index (χ2v) is 11.6. The average Bonchev–Trinajstić information content (AvgIpc) is 3.57. The van der Waals surface area contributed by atoms with Crippen LogP contribution in [0.4, 0.5) is 5.82 Å². The van der Waals surface area contributed by atoms with Gasteiger partial charge in [-0.1, -0.05) is 52.0 Å². The summed E-state index contributed by atoms with van der Waals surface area (Å²) in [6.07, 6.45) is 4.30. The molecule has 2 aliphatic rings. The zero-order valence-electron chi connectivity index (χ0n) is 23.2. The van der Waals surface area contributed by atoms with Crippen LogP contribution in [0.15, 0.2) is 42.9 Å². The molecule has 9 nitrogen and oxygen atoms in total. The molecule has 206 valence electrons. The summed E-state index contributed by atoms with van der Waals surface area (Å²) in [5.41, 5.74) is 2.82. The molecule has 39 heavy (non-hydrogen) atoms. The fourth-order valence-electron chi connectivity index (χ4n) is 6.15. The maximum atomic E-state index is 12.5. The molecule has 0 bridgehead atoms. The summed E-state index contributed by atoms with van der Waals surface area (Å²) in [4.78, 5) is 25.7. The molecule has 0 radical (unpaired) electrons. The van der Waals surface area contributed by atoms with Crippen molar-refractivity contribution in [2.45, 2.75) is 71.4 Å². The number of amides is 1. The molecule has 5 rings (SSSR count). The molecule has 1 unspecified atom stereocenters. The van der Waals surface area contributed by atoms with Gasteiger partial charge in [0, 0.05) is 31.7 Å². The molecule has 2 saturated heterocycles. The van der Waals surface area contributed by atoms with Crippen molar-refractivity contribution in [1.82, 2.24) is 19.4 Å². The molecule has 4 atom stereocenters. The lowest BCUT2D eigenvalue weighted by atomic mass is 9.74. The van der Waals surface area contributed by atoms with Gasteiger partial charge in [-0.25, -0.2) is 9.97 Å². The smallest absolute Gasteiger partial charge is 0.237 e. The molecule has 0 aliphatic carbocycles. The number of anilines is 1. The van der Waals surface area contributed by atoms with Crippen molar-refractivity contribution in [1.29, 1.82) is 5.26 Å². The van der Waals surface area contributed by atoms with Gasteiger partial charge in [-0.05, 0) is 41.9 Å². The molecule has 1 N–H and O–H groups in total. The molecule has 3 aromatic rings. The minimum atomic E-state index is -0.963. The summed E-state index contributed by atoms with van der Waals surface area (Å²) in [7, 11) is 0. The quantitative estimate of drug-likeness (QED) is 0.416. The van der Waals surface area contributed by atoms with Crippen LogP contribution in [-0.2, 0) is 22.7 Å². The number of likely N-dealkylation sites (tertiary alicyclic amines) is 1. The molecule has 2 aliphatic heterocycles. The largest absolute Gasteiger partial charge is 0.367 e. The lowest BCUT2D eigenvalue weighted by Crippen LogP contribution is -2.69. The Balaban J connectivity index is 1.26. The summed E-state index contributed by atoms with van der Waals surface area (Å²) in [6.45, 7) is 10.9. The van der Waals surface area contributed by atoms with E-state index in [0.717, 1.165) is 41.8 Å². The maximum absolute atomic E-state index is 12.5. The van der Waals surface area contributed by atoms with E-state index in [1.54, 1.807) is 6.33 Å². The summed E-state index contributed by atoms with van der Waals surface area (Å²) in [5.74, 6) is 1.53. The first-order valence-electron chi connectivity index (χ1n) is 13.8. The molecule has 1 amide bonds. The number of nitrogens with zero attached hydrogens (tertiary/aromatic N) is 6. The van der Waals surface area contributed by atoms with Gasteiger partial charge in [-0.3, -0.25) is 4.79 Å². The van der Waals surface area contributed by atoms with Gasteiger partial charge in [0.2, 0.25) is 5.91 Å². The predicted molar refractivity (Wildman–Crippen MR) is 149 cm³/mol. The molecule has 2 fully saturated rings. The molecule has 9 heteroatoms. The van der Waals surface area contributed by atoms with Crippen LogP contribution in [0.5, 0.6) is 0 Å². The van der Waals surface area contributed by atoms with Crippen molar-refractivity contribution in [2.24, 2.45) is 11.8 Å². The summed E-state index contributed by atoms with van der Waals surface area (Å²) >= 11 is 0. The fourth-order valence-corrected chi connectivity index (χ4v) is 6.15. The summed E-state index contributed by atoms with van der Waals surface area (Å²) in [5, 5.41) is 20.7. The molecule has 2 aromatic heterocycles. The highest BCUT2D eigenvalue weighted by Crippen LogP contribution is 2.45. The van der Waals surface area contributed by atoms with Crippen molar-refractivity contribution < 1.29 is 14.6 Å². The van der Waals surface area contributed by atoms with E-state index in [2.05, 4.69) is 59.9 Å². The molecular weight excluding hydrogens is 492 g/mol. The average molecular weight is 531 g/mol. The van der Waals surface area contributed by atoms with Gasteiger partial charge in [0.15, 0.2) is 6.29 Å². The SMILES string of the molecule is CC(C)Cc1ccc([C@H](C)C(O)OCn2ccc3c(N4CC[C@]5(C4)[C@@H](C)CN5C(=O)CC#N)ncnc32)cc1. The minimum absolute atomic E-state index is 0.0804. The van der Waals surface area contributed by atoms with E-state index in [9.17, 15) is 9.90 Å². The van der Waals surface area contributed by atoms with E-state index in [1.807, 2.05) is 34.7 Å². The number of nitriles is 1. The first-order chi connectivity index (χ1) is 18.7. The monoisotopic (exact) mass is 530 g/mol. The minimum Gasteiger partial charge on any atom is -0.367 e. The van der Waals surface area contributed by atoms with Crippen LogP contribution in [-0.4, -0.2) is 61.9 Å². The third-order valence-corrected chi connectivity index (χ3v) is 8.52. The number of carbonyl (C=O) groups excluding carboxylic acids is 1. The highest BCUT2D eigenvalue weighted by atomic mass is 16.6. The Bertz CT molecular complexity index is 1360. The Morgan fingerprint density at radius 3 is 2.69 bits per heavy atom. The summed E-state index contributed by atoms with van der Waals surface area (Å²) in [6, 6.07) is 12.4. The van der Waals surface area contributed by atoms with Crippen LogP contribution < -0.4 is 4.90 Å². The predicted octanol–water partition coefficient (Wildman–Crippen LogP) is 4.07. The Labute approximate surface area is 230 Å². The zero-order valence-corrected chi connectivity index (χ0v) is 23.2. The van der Waals surface area contributed by atoms with Crippen LogP contribution in [0.3, 0.4) is 0 Å². The Morgan fingerprint density at radius 1 is 1.23 bits per heavy atom. The number of aliphatic hydroxyl groups excluding tert-OH is 1. The number of hydrogen-bond donors (Lipinski definition) is 1. The van der Waals surface area contributed by atoms with Gasteiger partial charge in [0.05, 0.1) is 17.0 Å². The summed E-state index contributed by atoms with van der Waals surface area (Å²) < 4.78 is 7.76. The normalized spacial score (nSPS) is 22.3. The third-order valence-electron chi connectivity index (χ3n) is 8.52. The van der Waals surface area contributed by atoms with Gasteiger partial charge in [-0.2, -0.15) is 5.26 Å². The van der Waals surface area contributed by atoms with Crippen LogP contribution >= 0.6 is 0 Å². The van der Waals surface area contributed by atoms with Gasteiger partial charge in [0.1, 0.15) is 30.9 Å². The third kappa shape index (κ3) is 5.11. The second-order valence-electron chi connectivity index (χ2n) is 11.6. The van der Waals surface area contributed by atoms with E-state index in [4.69, 9.17) is 10.00 Å². The number of ether oxygens (including phenoxy) is 1. The van der Waals surface area contributed by atoms with Crippen molar-refractivity contribution in [3.05, 3.63) is 54.0 Å². The van der Waals surface area contributed by atoms with Crippen LogP contribution in [0.2, 0.25) is 0 Å².